The minimum absolute atomic E-state index is 0.0992. The van der Waals surface area contributed by atoms with Crippen LogP contribution < -0.4 is 11.1 Å². The Kier molecular flexibility index (Phi) is 7.03. The molecule has 4 N–H and O–H groups in total. The van der Waals surface area contributed by atoms with Gasteiger partial charge in [0, 0.05) is 11.0 Å². The second-order valence-electron chi connectivity index (χ2n) is 4.38. The first-order valence-electron chi connectivity index (χ1n) is 5.68. The summed E-state index contributed by atoms with van der Waals surface area (Å²) in [5.74, 6) is 0.236. The fraction of sp³-hybridized carbons (Fsp3) is 0.909. The number of nitrogens with two attached hydrogens (primary N) is 1. The zero-order valence-corrected chi connectivity index (χ0v) is 11.4. The maximum absolute atomic E-state index is 11.4. The molecule has 0 aromatic rings. The first kappa shape index (κ1) is 15.7. The molecule has 0 saturated heterocycles. The van der Waals surface area contributed by atoms with E-state index in [0.717, 1.165) is 13.0 Å². The molecular weight excluding hydrogens is 224 g/mol. The minimum atomic E-state index is -0.691. The first-order chi connectivity index (χ1) is 7.33. The Morgan fingerprint density at radius 1 is 1.56 bits per heavy atom. The maximum atomic E-state index is 11.4. The number of hydrogen-bond donors (Lipinski definition) is 3. The minimum Gasteiger partial charge on any atom is -0.392 e. The van der Waals surface area contributed by atoms with Gasteiger partial charge in [-0.15, -0.1) is 0 Å². The molecule has 0 aliphatic heterocycles. The van der Waals surface area contributed by atoms with E-state index in [-0.39, 0.29) is 17.3 Å². The third-order valence-corrected chi connectivity index (χ3v) is 4.29. The van der Waals surface area contributed by atoms with Gasteiger partial charge in [0.15, 0.2) is 0 Å². The monoisotopic (exact) mass is 248 g/mol. The van der Waals surface area contributed by atoms with Gasteiger partial charge >= 0.3 is 0 Å². The van der Waals surface area contributed by atoms with Crippen LogP contribution in [0.3, 0.4) is 0 Å². The van der Waals surface area contributed by atoms with E-state index in [1.807, 2.05) is 20.8 Å². The average Bonchev–Trinajstić information content (AvgIpc) is 2.22. The van der Waals surface area contributed by atoms with Crippen LogP contribution in [-0.4, -0.2) is 40.2 Å². The number of aliphatic hydroxyl groups excluding tert-OH is 1. The van der Waals surface area contributed by atoms with Crippen molar-refractivity contribution in [2.45, 2.75) is 51.0 Å². The van der Waals surface area contributed by atoms with Gasteiger partial charge in [0.1, 0.15) is 5.54 Å². The molecule has 0 heterocycles. The van der Waals surface area contributed by atoms with Crippen molar-refractivity contribution in [3.8, 4) is 0 Å². The predicted molar refractivity (Wildman–Crippen MR) is 69.5 cm³/mol. The Labute approximate surface area is 102 Å². The molecule has 1 amide bonds. The molecule has 4 nitrogen and oxygen atoms in total. The number of carbonyl (C=O) groups excluding carboxylic acids is 1. The lowest BCUT2D eigenvalue weighted by atomic mass is 10.0. The lowest BCUT2D eigenvalue weighted by Gasteiger charge is -2.28. The fourth-order valence-corrected chi connectivity index (χ4v) is 2.17. The van der Waals surface area contributed by atoms with Crippen molar-refractivity contribution in [1.29, 1.82) is 0 Å². The molecule has 0 spiro atoms. The van der Waals surface area contributed by atoms with Crippen LogP contribution in [0.4, 0.5) is 0 Å². The van der Waals surface area contributed by atoms with E-state index < -0.39 is 5.54 Å². The van der Waals surface area contributed by atoms with Crippen molar-refractivity contribution in [3.63, 3.8) is 0 Å². The van der Waals surface area contributed by atoms with Gasteiger partial charge in [-0.2, -0.15) is 11.8 Å². The van der Waals surface area contributed by atoms with Crippen molar-refractivity contribution in [3.05, 3.63) is 0 Å². The molecular formula is C11H24N2O2S. The summed E-state index contributed by atoms with van der Waals surface area (Å²) in [6.07, 6.45) is 0.577. The predicted octanol–water partition coefficient (Wildman–Crippen LogP) is 0.733. The van der Waals surface area contributed by atoms with Crippen LogP contribution in [0.1, 0.15) is 34.1 Å². The third kappa shape index (κ3) is 5.18. The molecule has 96 valence electrons. The van der Waals surface area contributed by atoms with Gasteiger partial charge in [-0.3, -0.25) is 4.79 Å². The summed E-state index contributed by atoms with van der Waals surface area (Å²) in [4.78, 5) is 11.4. The number of nitrogens with one attached hydrogen (secondary N) is 1. The van der Waals surface area contributed by atoms with Crippen LogP contribution in [-0.2, 0) is 4.79 Å². The summed E-state index contributed by atoms with van der Waals surface area (Å²) >= 11 is 1.56. The molecule has 0 bridgehead atoms. The Morgan fingerprint density at radius 3 is 2.50 bits per heavy atom. The van der Waals surface area contributed by atoms with Crippen molar-refractivity contribution < 1.29 is 9.90 Å². The second-order valence-corrected chi connectivity index (χ2v) is 5.75. The highest BCUT2D eigenvalue weighted by atomic mass is 32.2. The smallest absolute Gasteiger partial charge is 0.238 e. The van der Waals surface area contributed by atoms with Crippen LogP contribution in [0.15, 0.2) is 0 Å². The summed E-state index contributed by atoms with van der Waals surface area (Å²) in [5, 5.41) is 12.6. The van der Waals surface area contributed by atoms with E-state index in [2.05, 4.69) is 5.32 Å². The molecule has 0 aliphatic rings. The first-order valence-corrected chi connectivity index (χ1v) is 6.73. The zero-order valence-electron chi connectivity index (χ0n) is 10.6. The van der Waals surface area contributed by atoms with Crippen molar-refractivity contribution >= 4 is 17.7 Å². The van der Waals surface area contributed by atoms with Gasteiger partial charge in [0.25, 0.3) is 0 Å². The van der Waals surface area contributed by atoms with E-state index in [1.165, 1.54) is 0 Å². The highest BCUT2D eigenvalue weighted by Gasteiger charge is 2.31. The average molecular weight is 248 g/mol. The van der Waals surface area contributed by atoms with Gasteiger partial charge in [0.05, 0.1) is 6.10 Å². The molecule has 0 aromatic heterocycles. The number of amides is 1. The standard InChI is InChI=1S/C11H24N2O2S/c1-5-6-13-11(4,10(12)15)7-16-9(3)8(2)14/h8-9,13-14H,5-7H2,1-4H3,(H2,12,15). The highest BCUT2D eigenvalue weighted by molar-refractivity contribution is 8.00. The maximum Gasteiger partial charge on any atom is 0.238 e. The highest BCUT2D eigenvalue weighted by Crippen LogP contribution is 2.20. The molecule has 0 fully saturated rings. The molecule has 0 aromatic carbocycles. The van der Waals surface area contributed by atoms with Gasteiger partial charge < -0.3 is 16.2 Å². The van der Waals surface area contributed by atoms with Gasteiger partial charge in [-0.25, -0.2) is 0 Å². The number of rotatable bonds is 8. The van der Waals surface area contributed by atoms with E-state index in [1.54, 1.807) is 18.7 Å². The van der Waals surface area contributed by atoms with Crippen LogP contribution in [0, 0.1) is 0 Å². The van der Waals surface area contributed by atoms with Crippen LogP contribution >= 0.6 is 11.8 Å². The van der Waals surface area contributed by atoms with E-state index in [9.17, 15) is 9.90 Å². The topological polar surface area (TPSA) is 75.3 Å². The van der Waals surface area contributed by atoms with Crippen LogP contribution in [0.2, 0.25) is 0 Å². The number of aliphatic hydroxyl groups is 1. The van der Waals surface area contributed by atoms with Crippen LogP contribution in [0.25, 0.3) is 0 Å². The third-order valence-electron chi connectivity index (χ3n) is 2.62. The number of carbonyl (C=O) groups is 1. The Balaban J connectivity index is 4.27. The summed E-state index contributed by atoms with van der Waals surface area (Å²) in [6, 6.07) is 0. The van der Waals surface area contributed by atoms with Gasteiger partial charge in [-0.05, 0) is 26.8 Å². The molecule has 0 saturated carbocycles. The fourth-order valence-electron chi connectivity index (χ4n) is 1.05. The SMILES string of the molecule is CCCNC(C)(CSC(C)C(C)O)C(N)=O. The molecule has 0 radical (unpaired) electrons. The summed E-state index contributed by atoms with van der Waals surface area (Å²) in [5.41, 5.74) is 4.71. The van der Waals surface area contributed by atoms with Gasteiger partial charge in [-0.1, -0.05) is 13.8 Å². The summed E-state index contributed by atoms with van der Waals surface area (Å²) in [6.45, 7) is 8.31. The molecule has 0 aliphatic carbocycles. The normalized spacial score (nSPS) is 18.8. The number of hydrogen-bond acceptors (Lipinski definition) is 4. The lowest BCUT2D eigenvalue weighted by molar-refractivity contribution is -0.123. The van der Waals surface area contributed by atoms with E-state index >= 15 is 0 Å². The molecule has 5 heteroatoms. The zero-order chi connectivity index (χ0) is 12.8. The molecule has 16 heavy (non-hydrogen) atoms. The largest absolute Gasteiger partial charge is 0.392 e. The lowest BCUT2D eigenvalue weighted by Crippen LogP contribution is -2.55. The number of primary amides is 1. The molecule has 3 atom stereocenters. The summed E-state index contributed by atoms with van der Waals surface area (Å²) < 4.78 is 0. The Hall–Kier alpha value is -0.260. The van der Waals surface area contributed by atoms with Crippen molar-refractivity contribution in [2.24, 2.45) is 5.73 Å². The molecule has 3 unspecified atom stereocenters. The Morgan fingerprint density at radius 2 is 2.12 bits per heavy atom. The second kappa shape index (κ2) is 7.14. The Bertz CT molecular complexity index is 224. The van der Waals surface area contributed by atoms with E-state index in [4.69, 9.17) is 5.73 Å². The quantitative estimate of drug-likeness (QED) is 0.592. The summed E-state index contributed by atoms with van der Waals surface area (Å²) in [7, 11) is 0. The van der Waals surface area contributed by atoms with E-state index in [0.29, 0.717) is 5.75 Å². The van der Waals surface area contributed by atoms with Crippen molar-refractivity contribution in [1.82, 2.24) is 5.32 Å². The van der Waals surface area contributed by atoms with Gasteiger partial charge in [0.2, 0.25) is 5.91 Å². The number of thioether (sulfide) groups is 1. The van der Waals surface area contributed by atoms with Crippen LogP contribution in [0.5, 0.6) is 0 Å². The molecule has 0 rings (SSSR count). The van der Waals surface area contributed by atoms with Crippen molar-refractivity contribution in [2.75, 3.05) is 12.3 Å².